The third kappa shape index (κ3) is 3.69. The van der Waals surface area contributed by atoms with Crippen molar-refractivity contribution in [3.63, 3.8) is 0 Å². The summed E-state index contributed by atoms with van der Waals surface area (Å²) in [6.07, 6.45) is 8.21. The fourth-order valence-corrected chi connectivity index (χ4v) is 7.24. The molecule has 2 aliphatic heterocycles. The van der Waals surface area contributed by atoms with Gasteiger partial charge in [0, 0.05) is 42.4 Å². The van der Waals surface area contributed by atoms with E-state index in [1.54, 1.807) is 0 Å². The maximum atomic E-state index is 13.8. The highest BCUT2D eigenvalue weighted by atomic mass is 16.3. The molecule has 1 amide bonds. The van der Waals surface area contributed by atoms with Crippen LogP contribution in [-0.2, 0) is 24.2 Å². The summed E-state index contributed by atoms with van der Waals surface area (Å²) in [7, 11) is 0. The number of fused-ring (bicyclic) bond motifs is 5. The molecular formula is C29H35N3O3. The first kappa shape index (κ1) is 22.7. The molecule has 2 aliphatic carbocycles. The predicted molar refractivity (Wildman–Crippen MR) is 136 cm³/mol. The standard InChI is InChI=1S/C29H35N3O3/c1-2-31-25-16-32-24(13-12-22(29(32)35)18-8-4-3-5-9-18)27(31)26(23(25)17-33)28(34)30-21-14-19-10-6-7-11-20(19)15-21/h6-8,10-13,21,23,25-27,33H,2-5,9,14-17H2,1H3,(H,30,34)/t23-,25-,26+,27+/m0/s1. The number of hydrogen-bond acceptors (Lipinski definition) is 4. The molecule has 1 aromatic carbocycles. The first-order valence-electron chi connectivity index (χ1n) is 13.3. The number of likely N-dealkylation sites (N-methyl/N-ethyl adjacent to an activating group) is 1. The van der Waals surface area contributed by atoms with Gasteiger partial charge in [-0.1, -0.05) is 37.3 Å². The first-order valence-corrected chi connectivity index (χ1v) is 13.3. The van der Waals surface area contributed by atoms with E-state index in [2.05, 4.69) is 53.5 Å². The van der Waals surface area contributed by atoms with Gasteiger partial charge in [-0.3, -0.25) is 14.5 Å². The lowest BCUT2D eigenvalue weighted by atomic mass is 9.86. The Morgan fingerprint density at radius 1 is 1.11 bits per heavy atom. The van der Waals surface area contributed by atoms with Crippen molar-refractivity contribution in [1.82, 2.24) is 14.8 Å². The van der Waals surface area contributed by atoms with Crippen LogP contribution < -0.4 is 10.9 Å². The van der Waals surface area contributed by atoms with Gasteiger partial charge in [-0.25, -0.2) is 0 Å². The molecule has 2 N–H and O–H groups in total. The minimum atomic E-state index is -0.374. The number of aliphatic hydroxyl groups excluding tert-OH is 1. The molecule has 4 aliphatic rings. The van der Waals surface area contributed by atoms with Gasteiger partial charge in [-0.2, -0.15) is 0 Å². The van der Waals surface area contributed by atoms with Crippen molar-refractivity contribution in [3.05, 3.63) is 75.2 Å². The number of hydrogen-bond donors (Lipinski definition) is 2. The fourth-order valence-electron chi connectivity index (χ4n) is 7.24. The van der Waals surface area contributed by atoms with Crippen LogP contribution in [0, 0.1) is 11.8 Å². The maximum Gasteiger partial charge on any atom is 0.258 e. The van der Waals surface area contributed by atoms with Crippen molar-refractivity contribution in [3.8, 4) is 0 Å². The highest BCUT2D eigenvalue weighted by molar-refractivity contribution is 5.81. The quantitative estimate of drug-likeness (QED) is 0.700. The van der Waals surface area contributed by atoms with Crippen LogP contribution in [0.4, 0.5) is 0 Å². The van der Waals surface area contributed by atoms with Crippen molar-refractivity contribution >= 4 is 11.5 Å². The van der Waals surface area contributed by atoms with Crippen LogP contribution >= 0.6 is 0 Å². The van der Waals surface area contributed by atoms with Crippen molar-refractivity contribution in [1.29, 1.82) is 0 Å². The van der Waals surface area contributed by atoms with Gasteiger partial charge < -0.3 is 15.0 Å². The Morgan fingerprint density at radius 2 is 1.89 bits per heavy atom. The zero-order valence-electron chi connectivity index (χ0n) is 20.5. The third-order valence-electron chi connectivity index (χ3n) is 8.87. The Kier molecular flexibility index (Phi) is 5.89. The zero-order chi connectivity index (χ0) is 24.1. The number of carbonyl (C=O) groups is 1. The highest BCUT2D eigenvalue weighted by Crippen LogP contribution is 2.48. The predicted octanol–water partition coefficient (Wildman–Crippen LogP) is 3.07. The Hall–Kier alpha value is -2.70. The number of nitrogens with one attached hydrogen (secondary N) is 1. The van der Waals surface area contributed by atoms with Gasteiger partial charge in [0.1, 0.15) is 0 Å². The smallest absolute Gasteiger partial charge is 0.258 e. The molecule has 6 nitrogen and oxygen atoms in total. The summed E-state index contributed by atoms with van der Waals surface area (Å²) < 4.78 is 1.91. The lowest BCUT2D eigenvalue weighted by Gasteiger charge is -2.37. The summed E-state index contributed by atoms with van der Waals surface area (Å²) in [5.74, 6) is -0.560. The molecule has 2 aromatic rings. The molecule has 1 saturated heterocycles. The normalized spacial score (nSPS) is 27.9. The van der Waals surface area contributed by atoms with Gasteiger partial charge in [-0.05, 0) is 73.9 Å². The van der Waals surface area contributed by atoms with Gasteiger partial charge in [0.2, 0.25) is 5.91 Å². The van der Waals surface area contributed by atoms with E-state index < -0.39 is 0 Å². The summed E-state index contributed by atoms with van der Waals surface area (Å²) in [5, 5.41) is 13.8. The number of pyridine rings is 1. The van der Waals surface area contributed by atoms with Crippen LogP contribution in [0.3, 0.4) is 0 Å². The summed E-state index contributed by atoms with van der Waals surface area (Å²) >= 11 is 0. The second-order valence-corrected chi connectivity index (χ2v) is 10.7. The Bertz CT molecular complexity index is 1210. The molecule has 2 bridgehead atoms. The number of carbonyl (C=O) groups excluding carboxylic acids is 1. The van der Waals surface area contributed by atoms with Crippen molar-refractivity contribution in [2.75, 3.05) is 13.2 Å². The molecular weight excluding hydrogens is 438 g/mol. The molecule has 0 unspecified atom stereocenters. The number of benzene rings is 1. The lowest BCUT2D eigenvalue weighted by molar-refractivity contribution is -0.128. The maximum absolute atomic E-state index is 13.8. The Morgan fingerprint density at radius 3 is 2.54 bits per heavy atom. The molecule has 184 valence electrons. The fraction of sp³-hybridized carbons (Fsp3) is 0.517. The van der Waals surface area contributed by atoms with E-state index in [-0.39, 0.29) is 48.0 Å². The van der Waals surface area contributed by atoms with Crippen LogP contribution in [0.1, 0.15) is 61.0 Å². The van der Waals surface area contributed by atoms with Gasteiger partial charge in [0.15, 0.2) is 0 Å². The summed E-state index contributed by atoms with van der Waals surface area (Å²) in [5.41, 5.74) is 5.56. The number of amides is 1. The summed E-state index contributed by atoms with van der Waals surface area (Å²) in [6, 6.07) is 12.3. The lowest BCUT2D eigenvalue weighted by Crippen LogP contribution is -2.47. The Labute approximate surface area is 206 Å². The van der Waals surface area contributed by atoms with E-state index in [9.17, 15) is 14.7 Å². The largest absolute Gasteiger partial charge is 0.396 e. The van der Waals surface area contributed by atoms with Crippen LogP contribution in [0.5, 0.6) is 0 Å². The average Bonchev–Trinajstić information content (AvgIpc) is 3.39. The van der Waals surface area contributed by atoms with Crippen LogP contribution in [0.15, 0.2) is 47.3 Å². The number of rotatable bonds is 5. The Balaban J connectivity index is 1.33. The SMILES string of the molecule is CCN1[C@@H]2c3ccc(C4=CCCCC4)c(=O)n3C[C@H]1[C@H](CO)[C@H]2C(=O)NC1Cc2ccccc2C1. The minimum Gasteiger partial charge on any atom is -0.396 e. The van der Waals surface area contributed by atoms with Crippen molar-refractivity contribution in [2.45, 2.75) is 70.1 Å². The highest BCUT2D eigenvalue weighted by Gasteiger charge is 2.55. The van der Waals surface area contributed by atoms with E-state index in [0.717, 1.165) is 55.5 Å². The van der Waals surface area contributed by atoms with Crippen LogP contribution in [0.25, 0.3) is 5.57 Å². The van der Waals surface area contributed by atoms with E-state index in [4.69, 9.17) is 0 Å². The van der Waals surface area contributed by atoms with Crippen LogP contribution in [0.2, 0.25) is 0 Å². The van der Waals surface area contributed by atoms with Crippen molar-refractivity contribution in [2.24, 2.45) is 11.8 Å². The molecule has 6 heteroatoms. The first-order chi connectivity index (χ1) is 17.1. The molecule has 0 saturated carbocycles. The van der Waals surface area contributed by atoms with E-state index in [1.165, 1.54) is 17.5 Å². The molecule has 1 aromatic heterocycles. The molecule has 0 spiro atoms. The van der Waals surface area contributed by atoms with Gasteiger partial charge in [0.25, 0.3) is 5.56 Å². The molecule has 4 atom stereocenters. The minimum absolute atomic E-state index is 0.00719. The van der Waals surface area contributed by atoms with E-state index >= 15 is 0 Å². The molecule has 35 heavy (non-hydrogen) atoms. The second kappa shape index (κ2) is 9.07. The summed E-state index contributed by atoms with van der Waals surface area (Å²) in [6.45, 7) is 3.37. The van der Waals surface area contributed by atoms with E-state index in [0.29, 0.717) is 6.54 Å². The average molecular weight is 474 g/mol. The number of aromatic nitrogens is 1. The third-order valence-corrected chi connectivity index (χ3v) is 8.87. The zero-order valence-corrected chi connectivity index (χ0v) is 20.5. The molecule has 3 heterocycles. The number of nitrogens with zero attached hydrogens (tertiary/aromatic N) is 2. The molecule has 1 fully saturated rings. The monoisotopic (exact) mass is 473 g/mol. The summed E-state index contributed by atoms with van der Waals surface area (Å²) in [4.78, 5) is 29.8. The van der Waals surface area contributed by atoms with Gasteiger partial charge >= 0.3 is 0 Å². The van der Waals surface area contributed by atoms with Crippen LogP contribution in [-0.4, -0.2) is 45.7 Å². The van der Waals surface area contributed by atoms with Gasteiger partial charge in [-0.15, -0.1) is 0 Å². The topological polar surface area (TPSA) is 74.6 Å². The number of aliphatic hydroxyl groups is 1. The van der Waals surface area contributed by atoms with Gasteiger partial charge in [0.05, 0.1) is 12.0 Å². The number of allylic oxidation sites excluding steroid dienone is 2. The molecule has 6 rings (SSSR count). The van der Waals surface area contributed by atoms with E-state index in [1.807, 2.05) is 10.6 Å². The molecule has 0 radical (unpaired) electrons. The second-order valence-electron chi connectivity index (χ2n) is 10.7. The van der Waals surface area contributed by atoms with Crippen molar-refractivity contribution < 1.29 is 9.90 Å².